The Morgan fingerprint density at radius 2 is 1.80 bits per heavy atom. The molecule has 0 heterocycles. The number of anilines is 1. The van der Waals surface area contributed by atoms with Gasteiger partial charge in [0.15, 0.2) is 5.78 Å². The van der Waals surface area contributed by atoms with Gasteiger partial charge in [0.05, 0.1) is 12.7 Å². The summed E-state index contributed by atoms with van der Waals surface area (Å²) in [6.07, 6.45) is 2.94. The standard InChI is InChI=1S/C18H18BF2NO3/c1-22(2)14-7-4-13(5-8-14)6-10-17(23)16-12-15(24-3)9-11-18(16)25-19(20)21/h4-12H,1-3H3/b10-6+. The largest absolute Gasteiger partial charge is 0.796 e. The highest BCUT2D eigenvalue weighted by Gasteiger charge is 2.21. The maximum absolute atomic E-state index is 12.5. The van der Waals surface area contributed by atoms with Crippen LogP contribution in [0, 0.1) is 0 Å². The van der Waals surface area contributed by atoms with Crippen LogP contribution in [0.1, 0.15) is 15.9 Å². The van der Waals surface area contributed by atoms with Gasteiger partial charge in [-0.25, -0.2) is 8.63 Å². The van der Waals surface area contributed by atoms with E-state index in [-0.39, 0.29) is 11.3 Å². The number of benzene rings is 2. The third-order valence-electron chi connectivity index (χ3n) is 3.50. The number of allylic oxidation sites excluding steroid dienone is 1. The molecule has 4 nitrogen and oxygen atoms in total. The summed E-state index contributed by atoms with van der Waals surface area (Å²) in [6.45, 7) is 0. The van der Waals surface area contributed by atoms with Crippen molar-refractivity contribution in [3.8, 4) is 11.5 Å². The highest BCUT2D eigenvalue weighted by Crippen LogP contribution is 2.26. The van der Waals surface area contributed by atoms with Crippen LogP contribution < -0.4 is 14.3 Å². The molecular formula is C18H18BF2NO3. The van der Waals surface area contributed by atoms with Gasteiger partial charge in [0.1, 0.15) is 11.5 Å². The second kappa shape index (κ2) is 8.33. The number of methoxy groups -OCH3 is 1. The molecule has 0 aliphatic rings. The van der Waals surface area contributed by atoms with E-state index in [0.29, 0.717) is 5.75 Å². The topological polar surface area (TPSA) is 38.8 Å². The van der Waals surface area contributed by atoms with Crippen LogP contribution in [-0.4, -0.2) is 34.5 Å². The van der Waals surface area contributed by atoms with E-state index in [1.54, 1.807) is 6.08 Å². The van der Waals surface area contributed by atoms with E-state index in [9.17, 15) is 13.4 Å². The zero-order valence-electron chi connectivity index (χ0n) is 14.2. The number of nitrogens with zero attached hydrogens (tertiary/aromatic N) is 1. The van der Waals surface area contributed by atoms with Gasteiger partial charge in [-0.15, -0.1) is 0 Å². The number of ketones is 1. The zero-order chi connectivity index (χ0) is 18.4. The fraction of sp³-hybridized carbons (Fsp3) is 0.167. The lowest BCUT2D eigenvalue weighted by molar-refractivity contribution is 0.104. The molecule has 0 bridgehead atoms. The van der Waals surface area contributed by atoms with Crippen molar-refractivity contribution in [2.45, 2.75) is 0 Å². The van der Waals surface area contributed by atoms with Gasteiger partial charge >= 0.3 is 7.47 Å². The van der Waals surface area contributed by atoms with E-state index in [1.807, 2.05) is 43.3 Å². The van der Waals surface area contributed by atoms with Crippen LogP contribution in [0.2, 0.25) is 0 Å². The molecule has 0 aliphatic heterocycles. The number of hydrogen-bond donors (Lipinski definition) is 0. The number of carbonyl (C=O) groups is 1. The fourth-order valence-corrected chi connectivity index (χ4v) is 2.17. The van der Waals surface area contributed by atoms with E-state index in [0.717, 1.165) is 11.3 Å². The van der Waals surface area contributed by atoms with Gasteiger partial charge in [0.2, 0.25) is 0 Å². The first kappa shape index (κ1) is 18.5. The van der Waals surface area contributed by atoms with E-state index >= 15 is 0 Å². The maximum atomic E-state index is 12.5. The fourth-order valence-electron chi connectivity index (χ4n) is 2.17. The molecule has 0 N–H and O–H groups in total. The Balaban J connectivity index is 2.23. The van der Waals surface area contributed by atoms with Crippen molar-refractivity contribution >= 4 is 25.0 Å². The molecule has 0 spiro atoms. The second-order valence-corrected chi connectivity index (χ2v) is 5.42. The van der Waals surface area contributed by atoms with Crippen molar-refractivity contribution in [1.29, 1.82) is 0 Å². The highest BCUT2D eigenvalue weighted by atomic mass is 19.2. The summed E-state index contributed by atoms with van der Waals surface area (Å²) >= 11 is 0. The van der Waals surface area contributed by atoms with Crippen molar-refractivity contribution in [2.75, 3.05) is 26.1 Å². The normalized spacial score (nSPS) is 10.6. The molecule has 0 radical (unpaired) electrons. The Hall–Kier alpha value is -2.83. The first-order valence-corrected chi connectivity index (χ1v) is 7.53. The van der Waals surface area contributed by atoms with Crippen molar-refractivity contribution in [3.63, 3.8) is 0 Å². The van der Waals surface area contributed by atoms with Gasteiger partial charge in [-0.3, -0.25) is 4.79 Å². The summed E-state index contributed by atoms with van der Waals surface area (Å²) in [5.41, 5.74) is 1.86. The van der Waals surface area contributed by atoms with Crippen molar-refractivity contribution < 1.29 is 22.8 Å². The summed E-state index contributed by atoms with van der Waals surface area (Å²) in [5, 5.41) is 0. The van der Waals surface area contributed by atoms with E-state index in [4.69, 9.17) is 4.74 Å². The molecule has 25 heavy (non-hydrogen) atoms. The van der Waals surface area contributed by atoms with Crippen LogP contribution in [0.25, 0.3) is 6.08 Å². The van der Waals surface area contributed by atoms with Gasteiger partial charge in [0, 0.05) is 19.8 Å². The third-order valence-corrected chi connectivity index (χ3v) is 3.50. The lowest BCUT2D eigenvalue weighted by Crippen LogP contribution is -2.11. The van der Waals surface area contributed by atoms with Crippen LogP contribution in [0.4, 0.5) is 14.3 Å². The SMILES string of the molecule is COc1ccc(OB(F)F)c(C(=O)/C=C/c2ccc(N(C)C)cc2)c1. The first-order chi connectivity index (χ1) is 11.9. The Morgan fingerprint density at radius 1 is 1.12 bits per heavy atom. The Bertz CT molecular complexity index is 761. The lowest BCUT2D eigenvalue weighted by Gasteiger charge is -2.11. The number of halogens is 2. The lowest BCUT2D eigenvalue weighted by atomic mass is 10.1. The van der Waals surface area contributed by atoms with Gasteiger partial charge < -0.3 is 14.3 Å². The van der Waals surface area contributed by atoms with Crippen LogP contribution in [0.15, 0.2) is 48.5 Å². The molecule has 0 amide bonds. The summed E-state index contributed by atoms with van der Waals surface area (Å²) in [5.74, 6) is -0.256. The monoisotopic (exact) mass is 345 g/mol. The van der Waals surface area contributed by atoms with Crippen molar-refractivity contribution in [1.82, 2.24) is 0 Å². The van der Waals surface area contributed by atoms with E-state index in [1.165, 1.54) is 31.4 Å². The van der Waals surface area contributed by atoms with Gasteiger partial charge in [0.25, 0.3) is 0 Å². The Kier molecular flexibility index (Phi) is 6.17. The molecule has 0 saturated heterocycles. The number of hydrogen-bond acceptors (Lipinski definition) is 4. The van der Waals surface area contributed by atoms with Crippen LogP contribution in [0.5, 0.6) is 11.5 Å². The summed E-state index contributed by atoms with van der Waals surface area (Å²) < 4.78 is 34.5. The minimum Gasteiger partial charge on any atom is -0.505 e. The Labute approximate surface area is 145 Å². The molecule has 0 aliphatic carbocycles. The zero-order valence-corrected chi connectivity index (χ0v) is 14.2. The molecule has 0 fully saturated rings. The molecule has 7 heteroatoms. The van der Waals surface area contributed by atoms with Crippen LogP contribution in [0.3, 0.4) is 0 Å². The molecule has 2 rings (SSSR count). The second-order valence-electron chi connectivity index (χ2n) is 5.42. The molecule has 2 aromatic rings. The summed E-state index contributed by atoms with van der Waals surface area (Å²) in [6, 6.07) is 11.7. The van der Waals surface area contributed by atoms with E-state index in [2.05, 4.69) is 4.65 Å². The molecule has 130 valence electrons. The number of carbonyl (C=O) groups excluding carboxylic acids is 1. The molecule has 2 aromatic carbocycles. The van der Waals surface area contributed by atoms with E-state index < -0.39 is 13.3 Å². The van der Waals surface area contributed by atoms with Gasteiger partial charge in [-0.2, -0.15) is 0 Å². The number of rotatable bonds is 7. The predicted molar refractivity (Wildman–Crippen MR) is 95.7 cm³/mol. The molecule has 0 atom stereocenters. The molecular weight excluding hydrogens is 327 g/mol. The summed E-state index contributed by atoms with van der Waals surface area (Å²) in [4.78, 5) is 14.3. The smallest absolute Gasteiger partial charge is 0.505 e. The Morgan fingerprint density at radius 3 is 2.36 bits per heavy atom. The van der Waals surface area contributed by atoms with Crippen LogP contribution in [-0.2, 0) is 0 Å². The maximum Gasteiger partial charge on any atom is 0.796 e. The van der Waals surface area contributed by atoms with Gasteiger partial charge in [-0.05, 0) is 42.0 Å². The molecule has 0 unspecified atom stereocenters. The quantitative estimate of drug-likeness (QED) is 0.433. The van der Waals surface area contributed by atoms with Crippen molar-refractivity contribution in [2.24, 2.45) is 0 Å². The molecule has 0 saturated carbocycles. The summed E-state index contributed by atoms with van der Waals surface area (Å²) in [7, 11) is 2.28. The van der Waals surface area contributed by atoms with Gasteiger partial charge in [-0.1, -0.05) is 18.2 Å². The first-order valence-electron chi connectivity index (χ1n) is 7.53. The average molecular weight is 345 g/mol. The van der Waals surface area contributed by atoms with Crippen LogP contribution >= 0.6 is 0 Å². The third kappa shape index (κ3) is 5.07. The number of ether oxygens (including phenoxy) is 1. The average Bonchev–Trinajstić information content (AvgIpc) is 2.59. The highest BCUT2D eigenvalue weighted by molar-refractivity contribution is 6.35. The van der Waals surface area contributed by atoms with Crippen molar-refractivity contribution in [3.05, 3.63) is 59.7 Å². The minimum absolute atomic E-state index is 0.0146. The molecule has 0 aromatic heterocycles. The predicted octanol–water partition coefficient (Wildman–Crippen LogP) is 3.96. The minimum atomic E-state index is -3.01.